The molecule has 0 fully saturated rings. The fourth-order valence-corrected chi connectivity index (χ4v) is 1.58. The number of hydrogen-bond donors (Lipinski definition) is 0. The molecule has 0 N–H and O–H groups in total. The Morgan fingerprint density at radius 1 is 1.12 bits per heavy atom. The first-order chi connectivity index (χ1) is 8.38. The standard InChI is InChI=1S/C13H13ClN2O/c14-10-11-4-7-16-13(9-11)17-8-5-12-3-1-2-6-15-12/h1-4,6-7,9H,5,8,10H2. The molecule has 0 atom stereocenters. The Hall–Kier alpha value is -1.61. The molecule has 2 rings (SSSR count). The highest BCUT2D eigenvalue weighted by Gasteiger charge is 1.98. The van der Waals surface area contributed by atoms with Gasteiger partial charge in [-0.05, 0) is 23.8 Å². The predicted octanol–water partition coefficient (Wildman–Crippen LogP) is 2.84. The van der Waals surface area contributed by atoms with Gasteiger partial charge in [-0.25, -0.2) is 4.98 Å². The normalized spacial score (nSPS) is 10.2. The third-order valence-electron chi connectivity index (χ3n) is 2.29. The van der Waals surface area contributed by atoms with E-state index in [0.29, 0.717) is 18.4 Å². The molecule has 0 radical (unpaired) electrons. The fourth-order valence-electron chi connectivity index (χ4n) is 1.42. The maximum atomic E-state index is 5.74. The largest absolute Gasteiger partial charge is 0.477 e. The molecule has 0 aromatic carbocycles. The second kappa shape index (κ2) is 6.21. The van der Waals surface area contributed by atoms with Crippen LogP contribution in [-0.4, -0.2) is 16.6 Å². The molecule has 0 spiro atoms. The van der Waals surface area contributed by atoms with Gasteiger partial charge in [-0.3, -0.25) is 4.98 Å². The highest BCUT2D eigenvalue weighted by molar-refractivity contribution is 6.17. The van der Waals surface area contributed by atoms with E-state index >= 15 is 0 Å². The maximum Gasteiger partial charge on any atom is 0.213 e. The Morgan fingerprint density at radius 3 is 2.82 bits per heavy atom. The number of ether oxygens (including phenoxy) is 1. The van der Waals surface area contributed by atoms with Gasteiger partial charge in [0.15, 0.2) is 0 Å². The minimum absolute atomic E-state index is 0.471. The number of halogens is 1. The van der Waals surface area contributed by atoms with E-state index in [-0.39, 0.29) is 0 Å². The van der Waals surface area contributed by atoms with Crippen LogP contribution in [0.3, 0.4) is 0 Å². The van der Waals surface area contributed by atoms with Crippen LogP contribution in [-0.2, 0) is 12.3 Å². The summed E-state index contributed by atoms with van der Waals surface area (Å²) in [5, 5.41) is 0. The number of pyridine rings is 2. The second-order valence-electron chi connectivity index (χ2n) is 3.56. The van der Waals surface area contributed by atoms with E-state index in [1.807, 2.05) is 30.3 Å². The minimum Gasteiger partial charge on any atom is -0.477 e. The van der Waals surface area contributed by atoms with Crippen LogP contribution in [0.5, 0.6) is 5.88 Å². The van der Waals surface area contributed by atoms with Gasteiger partial charge in [0.1, 0.15) is 0 Å². The molecule has 0 saturated carbocycles. The Balaban J connectivity index is 1.86. The monoisotopic (exact) mass is 248 g/mol. The molecule has 4 heteroatoms. The Labute approximate surface area is 105 Å². The summed E-state index contributed by atoms with van der Waals surface area (Å²) in [6, 6.07) is 9.57. The first-order valence-electron chi connectivity index (χ1n) is 5.42. The van der Waals surface area contributed by atoms with Crippen molar-refractivity contribution in [3.05, 3.63) is 54.0 Å². The van der Waals surface area contributed by atoms with E-state index in [0.717, 1.165) is 17.7 Å². The highest BCUT2D eigenvalue weighted by atomic mass is 35.5. The molecule has 2 aromatic heterocycles. The van der Waals surface area contributed by atoms with E-state index in [9.17, 15) is 0 Å². The van der Waals surface area contributed by atoms with Crippen molar-refractivity contribution in [2.24, 2.45) is 0 Å². The van der Waals surface area contributed by atoms with Crippen LogP contribution in [0, 0.1) is 0 Å². The molecule has 0 aliphatic heterocycles. The Morgan fingerprint density at radius 2 is 2.06 bits per heavy atom. The molecular weight excluding hydrogens is 236 g/mol. The van der Waals surface area contributed by atoms with Crippen LogP contribution in [0.4, 0.5) is 0 Å². The summed E-state index contributed by atoms with van der Waals surface area (Å²) < 4.78 is 5.54. The van der Waals surface area contributed by atoms with Crippen LogP contribution in [0.25, 0.3) is 0 Å². The van der Waals surface area contributed by atoms with E-state index in [4.69, 9.17) is 16.3 Å². The van der Waals surface area contributed by atoms with Gasteiger partial charge in [0.05, 0.1) is 6.61 Å². The SMILES string of the molecule is ClCc1ccnc(OCCc2ccccn2)c1. The zero-order chi connectivity index (χ0) is 11.9. The van der Waals surface area contributed by atoms with E-state index in [1.54, 1.807) is 12.4 Å². The lowest BCUT2D eigenvalue weighted by molar-refractivity contribution is 0.308. The molecule has 0 aliphatic rings. The van der Waals surface area contributed by atoms with Gasteiger partial charge < -0.3 is 4.74 Å². The molecule has 0 bridgehead atoms. The average molecular weight is 249 g/mol. The zero-order valence-corrected chi connectivity index (χ0v) is 10.1. The quantitative estimate of drug-likeness (QED) is 0.764. The summed E-state index contributed by atoms with van der Waals surface area (Å²) in [5.74, 6) is 1.08. The van der Waals surface area contributed by atoms with Crippen molar-refractivity contribution in [1.82, 2.24) is 9.97 Å². The number of nitrogens with zero attached hydrogens (tertiary/aromatic N) is 2. The van der Waals surface area contributed by atoms with Crippen molar-refractivity contribution in [2.75, 3.05) is 6.61 Å². The third-order valence-corrected chi connectivity index (χ3v) is 2.60. The highest BCUT2D eigenvalue weighted by Crippen LogP contribution is 2.11. The Kier molecular flexibility index (Phi) is 4.33. The molecule has 0 amide bonds. The summed E-state index contributed by atoms with van der Waals surface area (Å²) in [4.78, 5) is 8.34. The summed E-state index contributed by atoms with van der Waals surface area (Å²) >= 11 is 5.74. The van der Waals surface area contributed by atoms with Gasteiger partial charge in [0.25, 0.3) is 0 Å². The zero-order valence-electron chi connectivity index (χ0n) is 9.34. The molecule has 2 aromatic rings. The lowest BCUT2D eigenvalue weighted by Crippen LogP contribution is -2.03. The van der Waals surface area contributed by atoms with Crippen LogP contribution in [0.1, 0.15) is 11.3 Å². The van der Waals surface area contributed by atoms with Crippen molar-refractivity contribution in [2.45, 2.75) is 12.3 Å². The molecule has 17 heavy (non-hydrogen) atoms. The maximum absolute atomic E-state index is 5.74. The van der Waals surface area contributed by atoms with Gasteiger partial charge in [0.2, 0.25) is 5.88 Å². The average Bonchev–Trinajstić information content (AvgIpc) is 2.40. The van der Waals surface area contributed by atoms with Crippen molar-refractivity contribution in [3.63, 3.8) is 0 Å². The number of rotatable bonds is 5. The molecular formula is C13H13ClN2O. The topological polar surface area (TPSA) is 35.0 Å². The molecule has 2 heterocycles. The van der Waals surface area contributed by atoms with Crippen molar-refractivity contribution < 1.29 is 4.74 Å². The lowest BCUT2D eigenvalue weighted by atomic mass is 10.3. The third kappa shape index (κ3) is 3.71. The number of hydrogen-bond acceptors (Lipinski definition) is 3. The molecule has 88 valence electrons. The van der Waals surface area contributed by atoms with E-state index in [1.165, 1.54) is 0 Å². The summed E-state index contributed by atoms with van der Waals surface area (Å²) in [7, 11) is 0. The van der Waals surface area contributed by atoms with Crippen LogP contribution in [0.2, 0.25) is 0 Å². The van der Waals surface area contributed by atoms with Crippen LogP contribution < -0.4 is 4.74 Å². The predicted molar refractivity (Wildman–Crippen MR) is 67.2 cm³/mol. The fraction of sp³-hybridized carbons (Fsp3) is 0.231. The smallest absolute Gasteiger partial charge is 0.213 e. The van der Waals surface area contributed by atoms with Gasteiger partial charge in [-0.2, -0.15) is 0 Å². The number of aromatic nitrogens is 2. The second-order valence-corrected chi connectivity index (χ2v) is 3.82. The van der Waals surface area contributed by atoms with Gasteiger partial charge in [-0.1, -0.05) is 6.07 Å². The first kappa shape index (κ1) is 11.9. The first-order valence-corrected chi connectivity index (χ1v) is 5.95. The van der Waals surface area contributed by atoms with Gasteiger partial charge in [0, 0.05) is 36.5 Å². The van der Waals surface area contributed by atoms with E-state index in [2.05, 4.69) is 9.97 Å². The van der Waals surface area contributed by atoms with Crippen molar-refractivity contribution >= 4 is 11.6 Å². The number of alkyl halides is 1. The molecule has 0 saturated heterocycles. The van der Waals surface area contributed by atoms with E-state index < -0.39 is 0 Å². The van der Waals surface area contributed by atoms with Crippen molar-refractivity contribution in [3.8, 4) is 5.88 Å². The molecule has 3 nitrogen and oxygen atoms in total. The van der Waals surface area contributed by atoms with Gasteiger partial charge >= 0.3 is 0 Å². The summed E-state index contributed by atoms with van der Waals surface area (Å²) in [6.45, 7) is 0.565. The van der Waals surface area contributed by atoms with Crippen molar-refractivity contribution in [1.29, 1.82) is 0 Å². The molecule has 0 unspecified atom stereocenters. The Bertz CT molecular complexity index is 462. The summed E-state index contributed by atoms with van der Waals surface area (Å²) in [5.41, 5.74) is 2.02. The van der Waals surface area contributed by atoms with Crippen LogP contribution in [0.15, 0.2) is 42.7 Å². The van der Waals surface area contributed by atoms with Crippen LogP contribution >= 0.6 is 11.6 Å². The lowest BCUT2D eigenvalue weighted by Gasteiger charge is -2.05. The minimum atomic E-state index is 0.471. The summed E-state index contributed by atoms with van der Waals surface area (Å²) in [6.07, 6.45) is 4.25. The molecule has 0 aliphatic carbocycles. The van der Waals surface area contributed by atoms with Gasteiger partial charge in [-0.15, -0.1) is 11.6 Å².